The van der Waals surface area contributed by atoms with E-state index >= 15 is 0 Å². The van der Waals surface area contributed by atoms with Crippen LogP contribution in [0.1, 0.15) is 36.0 Å². The lowest BCUT2D eigenvalue weighted by Crippen LogP contribution is -2.33. The van der Waals surface area contributed by atoms with Crippen molar-refractivity contribution in [3.63, 3.8) is 0 Å². The number of rotatable bonds is 5. The molecule has 1 aliphatic rings. The van der Waals surface area contributed by atoms with E-state index in [1.165, 1.54) is 0 Å². The van der Waals surface area contributed by atoms with E-state index < -0.39 is 0 Å². The summed E-state index contributed by atoms with van der Waals surface area (Å²) in [5, 5.41) is 3.26. The fourth-order valence-corrected chi connectivity index (χ4v) is 3.93. The van der Waals surface area contributed by atoms with Gasteiger partial charge in [0.1, 0.15) is 11.6 Å². The molecule has 0 saturated heterocycles. The Hall–Kier alpha value is -2.47. The number of amides is 1. The highest BCUT2D eigenvalue weighted by molar-refractivity contribution is 8.00. The van der Waals surface area contributed by atoms with Crippen molar-refractivity contribution < 1.29 is 9.53 Å². The Morgan fingerprint density at radius 3 is 3.00 bits per heavy atom. The fraction of sp³-hybridized carbons (Fsp3) is 0.300. The number of H-pyrrole nitrogens is 1. The van der Waals surface area contributed by atoms with Crippen molar-refractivity contribution in [1.82, 2.24) is 15.3 Å². The number of carbonyl (C=O) groups excluding carboxylic acids is 1. The molecule has 1 aromatic heterocycles. The summed E-state index contributed by atoms with van der Waals surface area (Å²) >= 11 is 1.59. The SMILES string of the molecule is CC(SCC(=O)NC1CCOc2ccccc21)c1nc2ccccc2[nH]1. The number of aromatic amines is 1. The number of carbonyl (C=O) groups is 1. The molecule has 5 nitrogen and oxygen atoms in total. The van der Waals surface area contributed by atoms with Crippen molar-refractivity contribution in [3.05, 3.63) is 59.9 Å². The van der Waals surface area contributed by atoms with Gasteiger partial charge in [-0.15, -0.1) is 11.8 Å². The summed E-state index contributed by atoms with van der Waals surface area (Å²) in [6, 6.07) is 15.9. The molecule has 0 bridgehead atoms. The largest absolute Gasteiger partial charge is 0.493 e. The number of nitrogens with one attached hydrogen (secondary N) is 2. The van der Waals surface area contributed by atoms with Gasteiger partial charge in [0.15, 0.2) is 0 Å². The molecule has 2 heterocycles. The van der Waals surface area contributed by atoms with Crippen LogP contribution in [0.4, 0.5) is 0 Å². The Morgan fingerprint density at radius 1 is 1.31 bits per heavy atom. The van der Waals surface area contributed by atoms with Gasteiger partial charge in [-0.25, -0.2) is 4.98 Å². The minimum atomic E-state index is 0.0227. The van der Waals surface area contributed by atoms with Crippen LogP contribution in [0.5, 0.6) is 5.75 Å². The first-order chi connectivity index (χ1) is 12.7. The first kappa shape index (κ1) is 17.0. The third-order valence-electron chi connectivity index (χ3n) is 4.55. The summed E-state index contributed by atoms with van der Waals surface area (Å²) in [4.78, 5) is 20.4. The smallest absolute Gasteiger partial charge is 0.230 e. The normalized spacial score (nSPS) is 17.3. The van der Waals surface area contributed by atoms with Gasteiger partial charge in [-0.05, 0) is 25.1 Å². The number of thioether (sulfide) groups is 1. The van der Waals surface area contributed by atoms with Crippen LogP contribution in [-0.2, 0) is 4.79 Å². The molecule has 2 aromatic carbocycles. The van der Waals surface area contributed by atoms with E-state index in [0.29, 0.717) is 12.4 Å². The molecular weight excluding hydrogens is 346 g/mol. The third kappa shape index (κ3) is 3.55. The van der Waals surface area contributed by atoms with Crippen LogP contribution in [0.2, 0.25) is 0 Å². The van der Waals surface area contributed by atoms with E-state index in [1.54, 1.807) is 11.8 Å². The van der Waals surface area contributed by atoms with Gasteiger partial charge in [-0.2, -0.15) is 0 Å². The molecule has 134 valence electrons. The molecule has 3 aromatic rings. The maximum atomic E-state index is 12.4. The lowest BCUT2D eigenvalue weighted by Gasteiger charge is -2.26. The lowest BCUT2D eigenvalue weighted by molar-refractivity contribution is -0.119. The number of hydrogen-bond acceptors (Lipinski definition) is 4. The fourth-order valence-electron chi connectivity index (χ4n) is 3.17. The van der Waals surface area contributed by atoms with Crippen molar-refractivity contribution in [2.75, 3.05) is 12.4 Å². The van der Waals surface area contributed by atoms with Crippen molar-refractivity contribution in [2.45, 2.75) is 24.6 Å². The molecule has 0 aliphatic carbocycles. The first-order valence-corrected chi connectivity index (χ1v) is 9.83. The molecule has 0 spiro atoms. The monoisotopic (exact) mass is 367 g/mol. The van der Waals surface area contributed by atoms with Gasteiger partial charge in [-0.1, -0.05) is 30.3 Å². The Kier molecular flexibility index (Phi) is 4.84. The molecule has 0 fully saturated rings. The maximum Gasteiger partial charge on any atom is 0.230 e. The van der Waals surface area contributed by atoms with Gasteiger partial charge in [0.25, 0.3) is 0 Å². The summed E-state index contributed by atoms with van der Waals surface area (Å²) in [6.45, 7) is 2.70. The Morgan fingerprint density at radius 2 is 2.12 bits per heavy atom. The highest BCUT2D eigenvalue weighted by Crippen LogP contribution is 2.32. The topological polar surface area (TPSA) is 67.0 Å². The predicted octanol–water partition coefficient (Wildman–Crippen LogP) is 4.00. The van der Waals surface area contributed by atoms with Crippen LogP contribution in [0.3, 0.4) is 0 Å². The van der Waals surface area contributed by atoms with Gasteiger partial charge >= 0.3 is 0 Å². The molecule has 2 atom stereocenters. The quantitative estimate of drug-likeness (QED) is 0.715. The minimum Gasteiger partial charge on any atom is -0.493 e. The molecule has 2 unspecified atom stereocenters. The maximum absolute atomic E-state index is 12.4. The van der Waals surface area contributed by atoms with Crippen molar-refractivity contribution in [3.8, 4) is 5.75 Å². The zero-order valence-electron chi connectivity index (χ0n) is 14.6. The third-order valence-corrected chi connectivity index (χ3v) is 5.70. The van der Waals surface area contributed by atoms with Crippen molar-refractivity contribution in [2.24, 2.45) is 0 Å². The Labute approximate surface area is 156 Å². The van der Waals surface area contributed by atoms with E-state index in [9.17, 15) is 4.79 Å². The molecule has 2 N–H and O–H groups in total. The summed E-state index contributed by atoms with van der Waals surface area (Å²) in [5.74, 6) is 2.21. The highest BCUT2D eigenvalue weighted by atomic mass is 32.2. The summed E-state index contributed by atoms with van der Waals surface area (Å²) < 4.78 is 5.65. The van der Waals surface area contributed by atoms with Crippen molar-refractivity contribution >= 4 is 28.7 Å². The zero-order chi connectivity index (χ0) is 17.9. The van der Waals surface area contributed by atoms with Crippen molar-refractivity contribution in [1.29, 1.82) is 0 Å². The molecule has 6 heteroatoms. The number of ether oxygens (including phenoxy) is 1. The van der Waals surface area contributed by atoms with Crippen LogP contribution in [0.25, 0.3) is 11.0 Å². The molecule has 26 heavy (non-hydrogen) atoms. The highest BCUT2D eigenvalue weighted by Gasteiger charge is 2.23. The number of fused-ring (bicyclic) bond motifs is 2. The standard InChI is InChI=1S/C20H21N3O2S/c1-13(20-22-16-7-3-4-8-17(16)23-20)26-12-19(24)21-15-10-11-25-18-9-5-2-6-14(15)18/h2-9,13,15H,10-12H2,1H3,(H,21,24)(H,22,23). The summed E-state index contributed by atoms with van der Waals surface area (Å²) in [5.41, 5.74) is 3.04. The molecule has 0 saturated carbocycles. The lowest BCUT2D eigenvalue weighted by atomic mass is 10.0. The molecule has 1 amide bonds. The molecular formula is C20H21N3O2S. The van der Waals surface area contributed by atoms with Crippen LogP contribution in [0, 0.1) is 0 Å². The molecule has 1 aliphatic heterocycles. The van der Waals surface area contributed by atoms with Gasteiger partial charge in [-0.3, -0.25) is 4.79 Å². The van der Waals surface area contributed by atoms with Gasteiger partial charge < -0.3 is 15.0 Å². The van der Waals surface area contributed by atoms with E-state index in [0.717, 1.165) is 34.6 Å². The van der Waals surface area contributed by atoms with Crippen LogP contribution < -0.4 is 10.1 Å². The average molecular weight is 367 g/mol. The number of benzene rings is 2. The second kappa shape index (κ2) is 7.41. The molecule has 0 radical (unpaired) electrons. The second-order valence-corrected chi connectivity index (χ2v) is 7.72. The van der Waals surface area contributed by atoms with Crippen LogP contribution >= 0.6 is 11.8 Å². The Balaban J connectivity index is 1.35. The first-order valence-electron chi connectivity index (χ1n) is 8.78. The van der Waals surface area contributed by atoms with E-state index in [2.05, 4.69) is 22.2 Å². The number of nitrogens with zero attached hydrogens (tertiary/aromatic N) is 1. The number of imidazole rings is 1. The number of hydrogen-bond donors (Lipinski definition) is 2. The average Bonchev–Trinajstić information content (AvgIpc) is 3.11. The van der Waals surface area contributed by atoms with E-state index in [-0.39, 0.29) is 17.2 Å². The van der Waals surface area contributed by atoms with E-state index in [1.807, 2.05) is 48.5 Å². The second-order valence-electron chi connectivity index (χ2n) is 6.39. The van der Waals surface area contributed by atoms with Crippen LogP contribution in [-0.4, -0.2) is 28.2 Å². The molecule has 4 rings (SSSR count). The number of para-hydroxylation sites is 3. The van der Waals surface area contributed by atoms with Crippen LogP contribution in [0.15, 0.2) is 48.5 Å². The van der Waals surface area contributed by atoms with Gasteiger partial charge in [0, 0.05) is 12.0 Å². The Bertz CT molecular complexity index is 891. The minimum absolute atomic E-state index is 0.0227. The zero-order valence-corrected chi connectivity index (χ0v) is 15.4. The van der Waals surface area contributed by atoms with Gasteiger partial charge in [0.2, 0.25) is 5.91 Å². The predicted molar refractivity (Wildman–Crippen MR) is 104 cm³/mol. The van der Waals surface area contributed by atoms with Gasteiger partial charge in [0.05, 0.1) is 34.7 Å². The summed E-state index contributed by atoms with van der Waals surface area (Å²) in [7, 11) is 0. The summed E-state index contributed by atoms with van der Waals surface area (Å²) in [6.07, 6.45) is 0.798. The number of aromatic nitrogens is 2. The van der Waals surface area contributed by atoms with E-state index in [4.69, 9.17) is 4.74 Å².